The number of ether oxygens (including phenoxy) is 1. The van der Waals surface area contributed by atoms with Gasteiger partial charge in [-0.05, 0) is 30.3 Å². The van der Waals surface area contributed by atoms with E-state index in [2.05, 4.69) is 10.5 Å². The minimum Gasteiger partial charge on any atom is -0.378 e. The lowest BCUT2D eigenvalue weighted by atomic mass is 10.1. The van der Waals surface area contributed by atoms with Crippen molar-refractivity contribution >= 4 is 39.2 Å². The van der Waals surface area contributed by atoms with Gasteiger partial charge < -0.3 is 9.64 Å². The predicted molar refractivity (Wildman–Crippen MR) is 139 cm³/mol. The van der Waals surface area contributed by atoms with Gasteiger partial charge in [0, 0.05) is 36.5 Å². The van der Waals surface area contributed by atoms with Crippen LogP contribution in [0.2, 0.25) is 0 Å². The third-order valence-corrected chi connectivity index (χ3v) is 7.42. The van der Waals surface area contributed by atoms with Gasteiger partial charge in [-0.3, -0.25) is 19.2 Å². The minimum absolute atomic E-state index is 0.0434. The molecule has 0 spiro atoms. The molecule has 0 atom stereocenters. The number of morpholine rings is 1. The molecule has 4 rings (SSSR count). The Bertz CT molecular complexity index is 1380. The van der Waals surface area contributed by atoms with E-state index in [1.165, 1.54) is 30.5 Å². The van der Waals surface area contributed by atoms with E-state index in [1.807, 2.05) is 4.90 Å². The lowest BCUT2D eigenvalue weighted by Crippen LogP contribution is -2.39. The number of nitro groups is 1. The zero-order chi connectivity index (χ0) is 26.3. The fourth-order valence-electron chi connectivity index (χ4n) is 3.82. The summed E-state index contributed by atoms with van der Waals surface area (Å²) in [4.78, 5) is 25.6. The molecule has 1 saturated heterocycles. The van der Waals surface area contributed by atoms with Crippen molar-refractivity contribution in [3.05, 3.63) is 94.5 Å². The lowest BCUT2D eigenvalue weighted by molar-refractivity contribution is -0.384. The molecule has 1 aliphatic heterocycles. The van der Waals surface area contributed by atoms with Crippen LogP contribution in [0.1, 0.15) is 5.56 Å². The van der Waals surface area contributed by atoms with Gasteiger partial charge in [-0.2, -0.15) is 5.10 Å². The average Bonchev–Trinajstić information content (AvgIpc) is 2.93. The van der Waals surface area contributed by atoms with Crippen LogP contribution < -0.4 is 14.6 Å². The smallest absolute Gasteiger partial charge is 0.270 e. The van der Waals surface area contributed by atoms with Crippen LogP contribution in [0.5, 0.6) is 0 Å². The van der Waals surface area contributed by atoms with E-state index in [4.69, 9.17) is 4.74 Å². The van der Waals surface area contributed by atoms with Crippen LogP contribution in [0.25, 0.3) is 0 Å². The van der Waals surface area contributed by atoms with Crippen molar-refractivity contribution in [2.24, 2.45) is 5.10 Å². The molecule has 37 heavy (non-hydrogen) atoms. The van der Waals surface area contributed by atoms with Crippen LogP contribution in [0, 0.1) is 10.1 Å². The maximum absolute atomic E-state index is 13.3. The predicted octanol–water partition coefficient (Wildman–Crippen LogP) is 2.78. The summed E-state index contributed by atoms with van der Waals surface area (Å²) in [5.41, 5.74) is 3.70. The van der Waals surface area contributed by atoms with Crippen LogP contribution in [-0.4, -0.2) is 58.3 Å². The number of hydrazone groups is 1. The molecular weight excluding hydrogens is 498 g/mol. The number of nitro benzene ring substituents is 1. The summed E-state index contributed by atoms with van der Waals surface area (Å²) in [5.74, 6) is -0.682. The first kappa shape index (κ1) is 25.8. The Labute approximate surface area is 214 Å². The highest BCUT2D eigenvalue weighted by Gasteiger charge is 2.27. The number of nitrogens with zero attached hydrogens (tertiary/aromatic N) is 4. The van der Waals surface area contributed by atoms with Crippen molar-refractivity contribution in [1.82, 2.24) is 5.43 Å². The maximum Gasteiger partial charge on any atom is 0.270 e. The van der Waals surface area contributed by atoms with Gasteiger partial charge in [0.1, 0.15) is 6.54 Å². The van der Waals surface area contributed by atoms with Crippen LogP contribution in [-0.2, 0) is 19.6 Å². The second-order valence-electron chi connectivity index (χ2n) is 8.05. The molecule has 12 heteroatoms. The second-order valence-corrected chi connectivity index (χ2v) is 9.92. The number of anilines is 2. The highest BCUT2D eigenvalue weighted by atomic mass is 32.2. The van der Waals surface area contributed by atoms with Crippen molar-refractivity contribution in [3.8, 4) is 0 Å². The molecule has 0 unspecified atom stereocenters. The Morgan fingerprint density at radius 1 is 1.05 bits per heavy atom. The molecule has 192 valence electrons. The number of para-hydroxylation sites is 1. The van der Waals surface area contributed by atoms with Crippen molar-refractivity contribution < 1.29 is 22.9 Å². The van der Waals surface area contributed by atoms with Gasteiger partial charge in [0.05, 0.1) is 34.9 Å². The van der Waals surface area contributed by atoms with Crippen molar-refractivity contribution in [2.45, 2.75) is 4.90 Å². The zero-order valence-electron chi connectivity index (χ0n) is 19.8. The lowest BCUT2D eigenvalue weighted by Gasteiger charge is -2.29. The van der Waals surface area contributed by atoms with Crippen LogP contribution in [0.15, 0.2) is 88.9 Å². The molecule has 3 aromatic rings. The molecule has 0 bridgehead atoms. The second kappa shape index (κ2) is 11.6. The standard InChI is InChI=1S/C25H25N5O6S/c31-25(19-29(21-7-3-1-4-8-21)37(34,35)23-9-5-2-6-10-23)27-26-18-20-17-22(30(32)33)11-12-24(20)28-13-15-36-16-14-28/h1-12,17-18H,13-16,19H2,(H,27,31)/b26-18-. The zero-order valence-corrected chi connectivity index (χ0v) is 20.6. The molecule has 0 aromatic heterocycles. The molecule has 11 nitrogen and oxygen atoms in total. The molecule has 3 aromatic carbocycles. The first-order chi connectivity index (χ1) is 17.9. The van der Waals surface area contributed by atoms with E-state index in [9.17, 15) is 23.3 Å². The molecule has 1 heterocycles. The number of hydrogen-bond acceptors (Lipinski definition) is 8. The van der Waals surface area contributed by atoms with Gasteiger partial charge in [-0.15, -0.1) is 0 Å². The Kier molecular flexibility index (Phi) is 8.11. The van der Waals surface area contributed by atoms with Crippen LogP contribution in [0.3, 0.4) is 0 Å². The van der Waals surface area contributed by atoms with E-state index in [0.29, 0.717) is 43.2 Å². The fraction of sp³-hybridized carbons (Fsp3) is 0.200. The Balaban J connectivity index is 1.55. The van der Waals surface area contributed by atoms with Gasteiger partial charge >= 0.3 is 0 Å². The van der Waals surface area contributed by atoms with E-state index < -0.39 is 27.4 Å². The fourth-order valence-corrected chi connectivity index (χ4v) is 5.26. The molecule has 1 aliphatic rings. The number of carbonyl (C=O) groups is 1. The summed E-state index contributed by atoms with van der Waals surface area (Å²) in [6.45, 7) is 1.73. The number of rotatable bonds is 9. The average molecular weight is 524 g/mol. The largest absolute Gasteiger partial charge is 0.378 e. The molecule has 0 radical (unpaired) electrons. The summed E-state index contributed by atoms with van der Waals surface area (Å²) >= 11 is 0. The SMILES string of the molecule is O=C(CN(c1ccccc1)S(=O)(=O)c1ccccc1)N/N=C\c1cc([N+](=O)[O-])ccc1N1CCOCC1. The minimum atomic E-state index is -4.04. The van der Waals surface area contributed by atoms with Gasteiger partial charge in [0.2, 0.25) is 0 Å². The first-order valence-electron chi connectivity index (χ1n) is 11.4. The highest BCUT2D eigenvalue weighted by Crippen LogP contribution is 2.25. The van der Waals surface area contributed by atoms with Crippen molar-refractivity contribution in [2.75, 3.05) is 42.1 Å². The van der Waals surface area contributed by atoms with E-state index >= 15 is 0 Å². The van der Waals surface area contributed by atoms with E-state index in [-0.39, 0.29) is 10.6 Å². The Morgan fingerprint density at radius 3 is 2.35 bits per heavy atom. The van der Waals surface area contributed by atoms with Crippen LogP contribution >= 0.6 is 0 Å². The monoisotopic (exact) mass is 523 g/mol. The topological polar surface area (TPSA) is 134 Å². The first-order valence-corrected chi connectivity index (χ1v) is 12.9. The summed E-state index contributed by atoms with van der Waals surface area (Å²) in [6, 6.07) is 20.5. The summed E-state index contributed by atoms with van der Waals surface area (Å²) in [6.07, 6.45) is 1.31. The molecular formula is C25H25N5O6S. The Hall–Kier alpha value is -4.29. The number of benzene rings is 3. The number of carbonyl (C=O) groups excluding carboxylic acids is 1. The summed E-state index contributed by atoms with van der Waals surface area (Å²) in [7, 11) is -4.04. The van der Waals surface area contributed by atoms with E-state index in [0.717, 1.165) is 4.31 Å². The summed E-state index contributed by atoms with van der Waals surface area (Å²) in [5, 5.41) is 15.3. The number of hydrogen-bond donors (Lipinski definition) is 1. The van der Waals surface area contributed by atoms with Gasteiger partial charge in [-0.25, -0.2) is 13.8 Å². The third-order valence-electron chi connectivity index (χ3n) is 5.63. The third kappa shape index (κ3) is 6.29. The van der Waals surface area contributed by atoms with Crippen LogP contribution in [0.4, 0.5) is 17.1 Å². The molecule has 1 fully saturated rings. The summed E-state index contributed by atoms with van der Waals surface area (Å²) < 4.78 is 33.0. The Morgan fingerprint density at radius 2 is 1.70 bits per heavy atom. The highest BCUT2D eigenvalue weighted by molar-refractivity contribution is 7.92. The maximum atomic E-state index is 13.3. The van der Waals surface area contributed by atoms with Crippen molar-refractivity contribution in [3.63, 3.8) is 0 Å². The van der Waals surface area contributed by atoms with Crippen molar-refractivity contribution in [1.29, 1.82) is 0 Å². The van der Waals surface area contributed by atoms with Gasteiger partial charge in [0.15, 0.2) is 0 Å². The number of amides is 1. The molecule has 0 aliphatic carbocycles. The van der Waals surface area contributed by atoms with Gasteiger partial charge in [0.25, 0.3) is 21.6 Å². The number of sulfonamides is 1. The molecule has 1 amide bonds. The van der Waals surface area contributed by atoms with E-state index in [1.54, 1.807) is 54.6 Å². The molecule has 0 saturated carbocycles. The molecule has 1 N–H and O–H groups in total. The number of nitrogens with one attached hydrogen (secondary N) is 1. The number of non-ortho nitro benzene ring substituents is 1. The van der Waals surface area contributed by atoms with Gasteiger partial charge in [-0.1, -0.05) is 36.4 Å². The normalized spacial score (nSPS) is 13.9. The quantitative estimate of drug-likeness (QED) is 0.259.